The summed E-state index contributed by atoms with van der Waals surface area (Å²) in [7, 11) is 0. The molecule has 5 heteroatoms. The molecule has 1 aromatic rings. The monoisotopic (exact) mass is 296 g/mol. The van der Waals surface area contributed by atoms with E-state index in [0.717, 1.165) is 30.2 Å². The van der Waals surface area contributed by atoms with Crippen molar-refractivity contribution < 1.29 is 9.53 Å². The molecule has 1 N–H and O–H groups in total. The first kappa shape index (κ1) is 15.4. The van der Waals surface area contributed by atoms with Gasteiger partial charge in [0, 0.05) is 17.4 Å². The summed E-state index contributed by atoms with van der Waals surface area (Å²) in [5.41, 5.74) is 1.13. The molecule has 0 radical (unpaired) electrons. The Labute approximate surface area is 124 Å². The second-order valence-electron chi connectivity index (χ2n) is 6.45. The molecule has 1 fully saturated rings. The molecule has 0 unspecified atom stereocenters. The summed E-state index contributed by atoms with van der Waals surface area (Å²) >= 11 is 1.61. The summed E-state index contributed by atoms with van der Waals surface area (Å²) in [5.74, 6) is 0.0527. The molecule has 1 amide bonds. The van der Waals surface area contributed by atoms with Crippen molar-refractivity contribution in [2.75, 3.05) is 6.61 Å². The van der Waals surface area contributed by atoms with Crippen LogP contribution in [0.3, 0.4) is 0 Å². The van der Waals surface area contributed by atoms with Crippen LogP contribution < -0.4 is 5.32 Å². The maximum Gasteiger partial charge on any atom is 0.223 e. The smallest absolute Gasteiger partial charge is 0.223 e. The van der Waals surface area contributed by atoms with E-state index >= 15 is 0 Å². The fourth-order valence-corrected chi connectivity index (χ4v) is 3.26. The highest BCUT2D eigenvalue weighted by atomic mass is 32.1. The molecule has 2 heterocycles. The highest BCUT2D eigenvalue weighted by Crippen LogP contribution is 2.27. The first-order valence-electron chi connectivity index (χ1n) is 7.23. The van der Waals surface area contributed by atoms with Crippen LogP contribution in [0.4, 0.5) is 0 Å². The van der Waals surface area contributed by atoms with Gasteiger partial charge < -0.3 is 10.1 Å². The molecule has 2 atom stereocenters. The minimum atomic E-state index is -0.0370. The van der Waals surface area contributed by atoms with Gasteiger partial charge in [-0.15, -0.1) is 11.3 Å². The van der Waals surface area contributed by atoms with Crippen molar-refractivity contribution in [3.8, 4) is 0 Å². The lowest BCUT2D eigenvalue weighted by Crippen LogP contribution is -2.29. The predicted octanol–water partition coefficient (Wildman–Crippen LogP) is 3.19. The quantitative estimate of drug-likeness (QED) is 0.928. The normalized spacial score (nSPS) is 20.9. The second kappa shape index (κ2) is 6.22. The molecule has 0 aliphatic carbocycles. The zero-order valence-corrected chi connectivity index (χ0v) is 13.5. The van der Waals surface area contributed by atoms with Crippen molar-refractivity contribution in [1.82, 2.24) is 10.3 Å². The van der Waals surface area contributed by atoms with Gasteiger partial charge >= 0.3 is 0 Å². The van der Waals surface area contributed by atoms with Crippen LogP contribution in [0.1, 0.15) is 63.7 Å². The van der Waals surface area contributed by atoms with E-state index < -0.39 is 0 Å². The number of nitrogens with zero attached hydrogens (tertiary/aromatic N) is 1. The summed E-state index contributed by atoms with van der Waals surface area (Å²) in [6, 6.07) is -0.0370. The summed E-state index contributed by atoms with van der Waals surface area (Å²) in [6.07, 6.45) is 2.62. The van der Waals surface area contributed by atoms with Gasteiger partial charge in [-0.1, -0.05) is 20.8 Å². The van der Waals surface area contributed by atoms with Crippen LogP contribution in [0.15, 0.2) is 5.38 Å². The average molecular weight is 296 g/mol. The zero-order chi connectivity index (χ0) is 14.8. The predicted molar refractivity (Wildman–Crippen MR) is 81.0 cm³/mol. The van der Waals surface area contributed by atoms with E-state index in [2.05, 4.69) is 36.5 Å². The lowest BCUT2D eigenvalue weighted by atomic mass is 9.93. The number of ether oxygens (including phenoxy) is 1. The molecule has 112 valence electrons. The first-order chi connectivity index (χ1) is 9.36. The van der Waals surface area contributed by atoms with Crippen LogP contribution >= 0.6 is 11.3 Å². The molecule has 20 heavy (non-hydrogen) atoms. The number of carbonyl (C=O) groups is 1. The van der Waals surface area contributed by atoms with Gasteiger partial charge in [0.2, 0.25) is 5.91 Å². The molecule has 1 aromatic heterocycles. The molecule has 0 spiro atoms. The highest BCUT2D eigenvalue weighted by molar-refractivity contribution is 7.09. The molecule has 1 aliphatic rings. The van der Waals surface area contributed by atoms with Crippen LogP contribution in [0.25, 0.3) is 0 Å². The number of amides is 1. The number of thiazole rings is 1. The number of hydrogen-bond donors (Lipinski definition) is 1. The minimum Gasteiger partial charge on any atom is -0.378 e. The number of nitrogens with one attached hydrogen (secondary N) is 1. The molecular weight excluding hydrogens is 272 g/mol. The van der Waals surface area contributed by atoms with Crippen molar-refractivity contribution in [3.05, 3.63) is 16.1 Å². The van der Waals surface area contributed by atoms with E-state index in [1.807, 2.05) is 6.92 Å². The fraction of sp³-hybridized carbons (Fsp3) is 0.733. The Morgan fingerprint density at radius 2 is 2.35 bits per heavy atom. The molecule has 0 aromatic carbocycles. The summed E-state index contributed by atoms with van der Waals surface area (Å²) in [5, 5.41) is 6.07. The highest BCUT2D eigenvalue weighted by Gasteiger charge is 2.22. The first-order valence-corrected chi connectivity index (χ1v) is 8.11. The lowest BCUT2D eigenvalue weighted by molar-refractivity contribution is -0.123. The molecule has 2 rings (SSSR count). The average Bonchev–Trinajstić information content (AvgIpc) is 2.97. The summed E-state index contributed by atoms with van der Waals surface area (Å²) in [6.45, 7) is 9.21. The van der Waals surface area contributed by atoms with Crippen LogP contribution in [0.2, 0.25) is 0 Å². The van der Waals surface area contributed by atoms with Crippen molar-refractivity contribution in [2.24, 2.45) is 0 Å². The van der Waals surface area contributed by atoms with Gasteiger partial charge in [0.1, 0.15) is 5.01 Å². The SMILES string of the molecule is C[C@H](NC(=O)C[C@@H]1CCCO1)c1nc(C(C)(C)C)cs1. The topological polar surface area (TPSA) is 51.2 Å². The maximum absolute atomic E-state index is 12.0. The van der Waals surface area contributed by atoms with Gasteiger partial charge in [-0.3, -0.25) is 4.79 Å². The van der Waals surface area contributed by atoms with Gasteiger partial charge in [0.05, 0.1) is 24.3 Å². The summed E-state index contributed by atoms with van der Waals surface area (Å²) < 4.78 is 5.49. The lowest BCUT2D eigenvalue weighted by Gasteiger charge is -2.16. The Kier molecular flexibility index (Phi) is 4.81. The van der Waals surface area contributed by atoms with Crippen LogP contribution in [0, 0.1) is 0 Å². The Hall–Kier alpha value is -0.940. The molecule has 0 saturated carbocycles. The van der Waals surface area contributed by atoms with Gasteiger partial charge in [-0.2, -0.15) is 0 Å². The van der Waals surface area contributed by atoms with Crippen LogP contribution in [-0.2, 0) is 14.9 Å². The number of aromatic nitrogens is 1. The Morgan fingerprint density at radius 1 is 1.60 bits per heavy atom. The van der Waals surface area contributed by atoms with Crippen LogP contribution in [0.5, 0.6) is 0 Å². The molecular formula is C15H24N2O2S. The van der Waals surface area contributed by atoms with Crippen molar-refractivity contribution in [2.45, 2.75) is 64.5 Å². The van der Waals surface area contributed by atoms with E-state index in [1.165, 1.54) is 0 Å². The summed E-state index contributed by atoms with van der Waals surface area (Å²) in [4.78, 5) is 16.6. The maximum atomic E-state index is 12.0. The van der Waals surface area contributed by atoms with E-state index in [4.69, 9.17) is 4.74 Å². The van der Waals surface area contributed by atoms with Gasteiger partial charge in [0.25, 0.3) is 0 Å². The van der Waals surface area contributed by atoms with Gasteiger partial charge in [0.15, 0.2) is 0 Å². The van der Waals surface area contributed by atoms with Gasteiger partial charge in [-0.25, -0.2) is 4.98 Å². The molecule has 0 bridgehead atoms. The third kappa shape index (κ3) is 4.03. The molecule has 1 saturated heterocycles. The number of carbonyl (C=O) groups excluding carboxylic acids is 1. The van der Waals surface area contributed by atoms with E-state index in [0.29, 0.717) is 6.42 Å². The Bertz CT molecular complexity index is 459. The van der Waals surface area contributed by atoms with E-state index in [1.54, 1.807) is 11.3 Å². The third-order valence-electron chi connectivity index (χ3n) is 3.48. The molecule has 4 nitrogen and oxygen atoms in total. The fourth-order valence-electron chi connectivity index (χ4n) is 2.21. The van der Waals surface area contributed by atoms with Crippen molar-refractivity contribution in [1.29, 1.82) is 0 Å². The molecule has 1 aliphatic heterocycles. The van der Waals surface area contributed by atoms with Crippen LogP contribution in [-0.4, -0.2) is 23.6 Å². The van der Waals surface area contributed by atoms with E-state index in [9.17, 15) is 4.79 Å². The third-order valence-corrected chi connectivity index (χ3v) is 4.50. The Balaban J connectivity index is 1.89. The van der Waals surface area contributed by atoms with Crippen molar-refractivity contribution in [3.63, 3.8) is 0 Å². The largest absolute Gasteiger partial charge is 0.378 e. The Morgan fingerprint density at radius 3 is 2.90 bits per heavy atom. The van der Waals surface area contributed by atoms with Crippen molar-refractivity contribution >= 4 is 17.2 Å². The standard InChI is InChI=1S/C15H24N2O2S/c1-10(14-17-12(9-20-14)15(2,3)4)16-13(18)8-11-6-5-7-19-11/h9-11H,5-8H2,1-4H3,(H,16,18)/t10-,11-/m0/s1. The van der Waals surface area contributed by atoms with E-state index in [-0.39, 0.29) is 23.5 Å². The number of rotatable bonds is 4. The van der Waals surface area contributed by atoms with Gasteiger partial charge in [-0.05, 0) is 19.8 Å². The minimum absolute atomic E-state index is 0.0370. The zero-order valence-electron chi connectivity index (χ0n) is 12.7. The number of hydrogen-bond acceptors (Lipinski definition) is 4. The second-order valence-corrected chi connectivity index (χ2v) is 7.34.